The SMILES string of the molecule is O=S(=O)(O)OCCS(=O)(=O)c1ccc(Nc2nc(Cl)nc(Nc3cc(S(=O)(=O)O)cc4cc(S(=O)(=O)O)c(N=Nc5ccc(Nc6ccccc6)c(S(=O)(=O)O)c5)c(O)c34)n2)cc1. The van der Waals surface area contributed by atoms with Crippen LogP contribution in [0.5, 0.6) is 5.75 Å². The van der Waals surface area contributed by atoms with Gasteiger partial charge in [-0.15, -0.1) is 5.11 Å². The van der Waals surface area contributed by atoms with E-state index in [1.807, 2.05) is 0 Å². The minimum Gasteiger partial charge on any atom is -0.505 e. The van der Waals surface area contributed by atoms with Crippen molar-refractivity contribution in [2.24, 2.45) is 10.2 Å². The van der Waals surface area contributed by atoms with Gasteiger partial charge in [0.15, 0.2) is 15.6 Å². The summed E-state index contributed by atoms with van der Waals surface area (Å²) in [5.41, 5.74) is -1.22. The molecular weight excluding hydrogens is 960 g/mol. The number of sulfone groups is 1. The number of hydrogen-bond donors (Lipinski definition) is 8. The highest BCUT2D eigenvalue weighted by Gasteiger charge is 2.27. The third kappa shape index (κ3) is 11.7. The van der Waals surface area contributed by atoms with E-state index in [1.165, 1.54) is 24.3 Å². The Morgan fingerprint density at radius 1 is 0.603 bits per heavy atom. The monoisotopic (exact) mass is 986 g/mol. The molecule has 0 unspecified atom stereocenters. The van der Waals surface area contributed by atoms with E-state index in [0.717, 1.165) is 30.3 Å². The maximum atomic E-state index is 12.6. The van der Waals surface area contributed by atoms with Crippen molar-refractivity contribution in [2.75, 3.05) is 28.3 Å². The van der Waals surface area contributed by atoms with Gasteiger partial charge >= 0.3 is 10.4 Å². The molecule has 30 heteroatoms. The second-order valence-electron chi connectivity index (χ2n) is 12.5. The first kappa shape index (κ1) is 46.5. The van der Waals surface area contributed by atoms with Gasteiger partial charge in [-0.05, 0) is 89.8 Å². The van der Waals surface area contributed by atoms with E-state index in [4.69, 9.17) is 16.2 Å². The molecule has 5 aromatic carbocycles. The Bertz CT molecular complexity index is 3390. The van der Waals surface area contributed by atoms with Crippen LogP contribution >= 0.6 is 11.6 Å². The number of rotatable bonds is 16. The number of para-hydroxylation sites is 1. The Balaban J connectivity index is 1.39. The Kier molecular flexibility index (Phi) is 13.0. The maximum Gasteiger partial charge on any atom is 0.397 e. The molecule has 24 nitrogen and oxygen atoms in total. The van der Waals surface area contributed by atoms with Crippen molar-refractivity contribution in [2.45, 2.75) is 19.6 Å². The fourth-order valence-electron chi connectivity index (χ4n) is 5.50. The highest BCUT2D eigenvalue weighted by atomic mass is 35.5. The highest BCUT2D eigenvalue weighted by Crippen LogP contribution is 2.46. The van der Waals surface area contributed by atoms with E-state index in [-0.39, 0.29) is 27.9 Å². The molecular formula is C33H27ClN8O16S5. The van der Waals surface area contributed by atoms with Gasteiger partial charge in [0.05, 0.1) is 39.2 Å². The quantitative estimate of drug-likeness (QED) is 0.0446. The summed E-state index contributed by atoms with van der Waals surface area (Å²) in [6.45, 7) is -0.865. The zero-order chi connectivity index (χ0) is 46.1. The molecule has 0 spiro atoms. The van der Waals surface area contributed by atoms with E-state index in [1.54, 1.807) is 30.3 Å². The number of azo groups is 1. The molecule has 0 radical (unpaired) electrons. The van der Waals surface area contributed by atoms with Gasteiger partial charge in [-0.1, -0.05) is 18.2 Å². The lowest BCUT2D eigenvalue weighted by Crippen LogP contribution is -2.15. The van der Waals surface area contributed by atoms with Gasteiger partial charge in [0.25, 0.3) is 30.4 Å². The van der Waals surface area contributed by atoms with Gasteiger partial charge < -0.3 is 21.1 Å². The van der Waals surface area contributed by atoms with Gasteiger partial charge in [0.2, 0.25) is 17.2 Å². The fourth-order valence-corrected chi connectivity index (χ4v) is 9.02. The molecule has 0 aliphatic rings. The average molecular weight is 987 g/mol. The van der Waals surface area contributed by atoms with Crippen LogP contribution in [0.3, 0.4) is 0 Å². The molecule has 0 amide bonds. The van der Waals surface area contributed by atoms with Crippen molar-refractivity contribution in [1.29, 1.82) is 0 Å². The van der Waals surface area contributed by atoms with Crippen molar-refractivity contribution in [3.63, 3.8) is 0 Å². The topological polar surface area (TPSA) is 381 Å². The van der Waals surface area contributed by atoms with Gasteiger partial charge in [-0.2, -0.15) is 53.7 Å². The molecule has 0 aliphatic heterocycles. The minimum absolute atomic E-state index is 0.0924. The zero-order valence-electron chi connectivity index (χ0n) is 31.0. The summed E-state index contributed by atoms with van der Waals surface area (Å²) in [5.74, 6) is -2.68. The summed E-state index contributed by atoms with van der Waals surface area (Å²) in [6.07, 6.45) is 0. The molecule has 332 valence electrons. The number of fused-ring (bicyclic) bond motifs is 1. The van der Waals surface area contributed by atoms with Crippen LogP contribution in [0, 0.1) is 0 Å². The fraction of sp³-hybridized carbons (Fsp3) is 0.0606. The molecule has 0 bridgehead atoms. The second-order valence-corrected chi connectivity index (χ2v) is 20.3. The van der Waals surface area contributed by atoms with Crippen LogP contribution in [0.25, 0.3) is 10.8 Å². The summed E-state index contributed by atoms with van der Waals surface area (Å²) in [4.78, 5) is 8.98. The first-order valence-corrected chi connectivity index (χ1v) is 24.5. The summed E-state index contributed by atoms with van der Waals surface area (Å²) >= 11 is 6.13. The Labute approximate surface area is 361 Å². The van der Waals surface area contributed by atoms with Crippen molar-refractivity contribution in [3.8, 4) is 5.75 Å². The van der Waals surface area contributed by atoms with Gasteiger partial charge in [-0.3, -0.25) is 18.2 Å². The Hall–Kier alpha value is -5.99. The Morgan fingerprint density at radius 2 is 1.22 bits per heavy atom. The van der Waals surface area contributed by atoms with Gasteiger partial charge in [0, 0.05) is 16.8 Å². The van der Waals surface area contributed by atoms with Crippen molar-refractivity contribution in [3.05, 3.63) is 96.3 Å². The number of anilines is 6. The number of phenols is 1. The van der Waals surface area contributed by atoms with Crippen LogP contribution < -0.4 is 16.0 Å². The molecule has 63 heavy (non-hydrogen) atoms. The molecule has 0 atom stereocenters. The van der Waals surface area contributed by atoms with Crippen molar-refractivity contribution in [1.82, 2.24) is 15.0 Å². The molecule has 0 saturated heterocycles. The second kappa shape index (κ2) is 17.6. The average Bonchev–Trinajstić information content (AvgIpc) is 3.16. The molecule has 1 aromatic heterocycles. The number of nitrogens with zero attached hydrogens (tertiary/aromatic N) is 5. The van der Waals surface area contributed by atoms with Crippen LogP contribution in [0.15, 0.2) is 121 Å². The van der Waals surface area contributed by atoms with E-state index in [0.29, 0.717) is 11.8 Å². The lowest BCUT2D eigenvalue weighted by molar-refractivity contribution is 0.284. The summed E-state index contributed by atoms with van der Waals surface area (Å²) in [5, 5.41) is 25.9. The van der Waals surface area contributed by atoms with E-state index in [2.05, 4.69) is 45.3 Å². The Morgan fingerprint density at radius 3 is 1.83 bits per heavy atom. The minimum atomic E-state index is -5.33. The summed E-state index contributed by atoms with van der Waals surface area (Å²) in [7, 11) is -24.3. The lowest BCUT2D eigenvalue weighted by Gasteiger charge is -2.15. The van der Waals surface area contributed by atoms with Crippen LogP contribution in [0.2, 0.25) is 5.28 Å². The molecule has 8 N–H and O–H groups in total. The number of phenolic OH excluding ortho intramolecular Hbond substituents is 1. The number of hydrogen-bond acceptors (Lipinski definition) is 20. The van der Waals surface area contributed by atoms with Crippen molar-refractivity contribution < 1.29 is 69.6 Å². The van der Waals surface area contributed by atoms with Crippen LogP contribution in [-0.2, 0) is 54.8 Å². The smallest absolute Gasteiger partial charge is 0.397 e. The van der Waals surface area contributed by atoms with Crippen molar-refractivity contribution >= 4 is 119 Å². The van der Waals surface area contributed by atoms with E-state index < -0.39 is 117 Å². The van der Waals surface area contributed by atoms with Crippen LogP contribution in [0.4, 0.5) is 46.0 Å². The summed E-state index contributed by atoms with van der Waals surface area (Å²) < 4.78 is 164. The van der Waals surface area contributed by atoms with Crippen LogP contribution in [0.1, 0.15) is 0 Å². The third-order valence-corrected chi connectivity index (χ3v) is 13.1. The summed E-state index contributed by atoms with van der Waals surface area (Å²) in [6, 6.07) is 18.4. The van der Waals surface area contributed by atoms with Gasteiger partial charge in [-0.25, -0.2) is 12.6 Å². The first-order chi connectivity index (χ1) is 29.3. The highest BCUT2D eigenvalue weighted by molar-refractivity contribution is 7.91. The number of nitrogens with one attached hydrogen (secondary N) is 3. The number of aromatic nitrogens is 3. The zero-order valence-corrected chi connectivity index (χ0v) is 35.8. The first-order valence-electron chi connectivity index (χ1n) is 16.8. The molecule has 0 aliphatic carbocycles. The van der Waals surface area contributed by atoms with Gasteiger partial charge in [0.1, 0.15) is 15.5 Å². The third-order valence-electron chi connectivity index (χ3n) is 8.17. The lowest BCUT2D eigenvalue weighted by atomic mass is 10.1. The number of aromatic hydroxyl groups is 1. The molecule has 0 fully saturated rings. The predicted molar refractivity (Wildman–Crippen MR) is 223 cm³/mol. The largest absolute Gasteiger partial charge is 0.505 e. The predicted octanol–water partition coefficient (Wildman–Crippen LogP) is 5.36. The van der Waals surface area contributed by atoms with E-state index >= 15 is 0 Å². The number of halogens is 1. The standard InChI is InChI=1S/C33H27ClN8O16S5/c34-31-38-32(36-20-6-9-22(10-7-20)59(44,45)13-12-58-63(55,56)57)40-33(39-31)37-25-17-23(60(46,47)48)14-18-15-27(62(52,53)54)29(30(43)28(18)25)42-41-21-8-11-24(26(16-21)61(49,50)51)35-19-4-2-1-3-5-19/h1-11,14-17,35,43H,12-13H2,(H,46,47,48)(H,49,50,51)(H,52,53,54)(H,55,56,57)(H2,36,37,38,39,40). The normalized spacial score (nSPS) is 12.7. The molecule has 6 rings (SSSR count). The molecule has 0 saturated carbocycles. The molecule has 6 aromatic rings. The van der Waals surface area contributed by atoms with Crippen LogP contribution in [-0.4, -0.2) is 92.7 Å². The number of benzene rings is 5. The van der Waals surface area contributed by atoms with E-state index in [9.17, 15) is 60.9 Å². The maximum absolute atomic E-state index is 12.6. The molecule has 1 heterocycles.